The van der Waals surface area contributed by atoms with Crippen molar-refractivity contribution in [1.29, 1.82) is 0 Å². The summed E-state index contributed by atoms with van der Waals surface area (Å²) in [5, 5.41) is 3.57. The molecule has 0 aliphatic carbocycles. The molecule has 2 fully saturated rings. The molecule has 0 bridgehead atoms. The molecule has 2 atom stereocenters. The van der Waals surface area contributed by atoms with E-state index >= 15 is 0 Å². The van der Waals surface area contributed by atoms with Crippen LogP contribution in [-0.2, 0) is 0 Å². The zero-order valence-electron chi connectivity index (χ0n) is 7.01. The highest BCUT2D eigenvalue weighted by molar-refractivity contribution is 7.99. The fourth-order valence-electron chi connectivity index (χ4n) is 2.13. The molecule has 0 aromatic rings. The van der Waals surface area contributed by atoms with Crippen LogP contribution in [0.5, 0.6) is 0 Å². The topological polar surface area (TPSA) is 12.0 Å². The summed E-state index contributed by atoms with van der Waals surface area (Å²) in [6.07, 6.45) is 5.77. The minimum absolute atomic E-state index is 0.874. The van der Waals surface area contributed by atoms with Crippen LogP contribution in [-0.4, -0.2) is 24.1 Å². The molecule has 0 aromatic carbocycles. The number of rotatable bonds is 2. The summed E-state index contributed by atoms with van der Waals surface area (Å²) in [6.45, 7) is 1.27. The number of thioether (sulfide) groups is 1. The molecule has 1 N–H and O–H groups in total. The van der Waals surface area contributed by atoms with Gasteiger partial charge in [0.25, 0.3) is 0 Å². The Bertz CT molecular complexity index is 101. The molecule has 2 unspecified atom stereocenters. The van der Waals surface area contributed by atoms with Gasteiger partial charge in [-0.2, -0.15) is 11.8 Å². The normalized spacial score (nSPS) is 38.2. The predicted molar refractivity (Wildman–Crippen MR) is 51.1 cm³/mol. The number of nitrogens with one attached hydrogen (secondary N) is 1. The molecular formula is C9H17NS. The molecule has 2 aliphatic rings. The van der Waals surface area contributed by atoms with Gasteiger partial charge < -0.3 is 5.32 Å². The average molecular weight is 171 g/mol. The average Bonchev–Trinajstić information content (AvgIpc) is 2.60. The summed E-state index contributed by atoms with van der Waals surface area (Å²) in [5.41, 5.74) is 0. The summed E-state index contributed by atoms with van der Waals surface area (Å²) in [7, 11) is 0. The quantitative estimate of drug-likeness (QED) is 0.681. The SMILES string of the molecule is C1CNC(CC2CCSC2)C1. The summed E-state index contributed by atoms with van der Waals surface area (Å²) in [5.74, 6) is 3.88. The van der Waals surface area contributed by atoms with E-state index in [-0.39, 0.29) is 0 Å². The second-order valence-corrected chi connectivity index (χ2v) is 4.91. The lowest BCUT2D eigenvalue weighted by atomic mass is 9.98. The highest BCUT2D eigenvalue weighted by Gasteiger charge is 2.22. The molecule has 2 saturated heterocycles. The van der Waals surface area contributed by atoms with Gasteiger partial charge in [-0.25, -0.2) is 0 Å². The van der Waals surface area contributed by atoms with E-state index in [1.807, 2.05) is 0 Å². The van der Waals surface area contributed by atoms with Crippen LogP contribution < -0.4 is 5.32 Å². The zero-order valence-corrected chi connectivity index (χ0v) is 7.83. The van der Waals surface area contributed by atoms with E-state index in [2.05, 4.69) is 17.1 Å². The van der Waals surface area contributed by atoms with Gasteiger partial charge in [0, 0.05) is 6.04 Å². The van der Waals surface area contributed by atoms with E-state index in [1.165, 1.54) is 43.7 Å². The molecule has 64 valence electrons. The van der Waals surface area contributed by atoms with Gasteiger partial charge in [0.2, 0.25) is 0 Å². The van der Waals surface area contributed by atoms with Crippen LogP contribution in [0.2, 0.25) is 0 Å². The maximum absolute atomic E-state index is 3.57. The summed E-state index contributed by atoms with van der Waals surface area (Å²) >= 11 is 2.14. The van der Waals surface area contributed by atoms with Crippen LogP contribution >= 0.6 is 11.8 Å². The highest BCUT2D eigenvalue weighted by Crippen LogP contribution is 2.28. The molecule has 0 amide bonds. The first-order chi connectivity index (χ1) is 5.45. The van der Waals surface area contributed by atoms with Crippen LogP contribution in [0.1, 0.15) is 25.7 Å². The lowest BCUT2D eigenvalue weighted by Gasteiger charge is -2.14. The molecule has 2 aliphatic heterocycles. The van der Waals surface area contributed by atoms with Crippen molar-refractivity contribution in [3.8, 4) is 0 Å². The van der Waals surface area contributed by atoms with Crippen molar-refractivity contribution in [2.24, 2.45) is 5.92 Å². The number of hydrogen-bond acceptors (Lipinski definition) is 2. The Labute approximate surface area is 73.3 Å². The van der Waals surface area contributed by atoms with Crippen molar-refractivity contribution in [1.82, 2.24) is 5.32 Å². The first kappa shape index (κ1) is 7.93. The van der Waals surface area contributed by atoms with Gasteiger partial charge in [-0.15, -0.1) is 0 Å². The van der Waals surface area contributed by atoms with Crippen molar-refractivity contribution in [2.45, 2.75) is 31.7 Å². The first-order valence-electron chi connectivity index (χ1n) is 4.76. The van der Waals surface area contributed by atoms with Gasteiger partial charge in [0.15, 0.2) is 0 Å². The van der Waals surface area contributed by atoms with Crippen LogP contribution in [0, 0.1) is 5.92 Å². The Morgan fingerprint density at radius 1 is 1.36 bits per heavy atom. The third-order valence-corrected chi connectivity index (χ3v) is 4.04. The second kappa shape index (κ2) is 3.81. The first-order valence-corrected chi connectivity index (χ1v) is 5.92. The van der Waals surface area contributed by atoms with Gasteiger partial charge in [-0.1, -0.05) is 0 Å². The molecule has 0 aromatic heterocycles. The van der Waals surface area contributed by atoms with E-state index in [9.17, 15) is 0 Å². The van der Waals surface area contributed by atoms with E-state index in [1.54, 1.807) is 0 Å². The molecule has 2 heteroatoms. The molecule has 1 nitrogen and oxygen atoms in total. The summed E-state index contributed by atoms with van der Waals surface area (Å²) < 4.78 is 0. The van der Waals surface area contributed by atoms with Crippen molar-refractivity contribution >= 4 is 11.8 Å². The van der Waals surface area contributed by atoms with E-state index in [0.717, 1.165) is 12.0 Å². The lowest BCUT2D eigenvalue weighted by Crippen LogP contribution is -2.24. The van der Waals surface area contributed by atoms with Gasteiger partial charge in [0.1, 0.15) is 0 Å². The van der Waals surface area contributed by atoms with Gasteiger partial charge in [-0.05, 0) is 49.7 Å². The molecular weight excluding hydrogens is 154 g/mol. The van der Waals surface area contributed by atoms with Crippen LogP contribution in [0.15, 0.2) is 0 Å². The maximum atomic E-state index is 3.57. The smallest absolute Gasteiger partial charge is 0.00704 e. The summed E-state index contributed by atoms with van der Waals surface area (Å²) in [4.78, 5) is 0. The van der Waals surface area contributed by atoms with Gasteiger partial charge in [0.05, 0.1) is 0 Å². The fraction of sp³-hybridized carbons (Fsp3) is 1.00. The largest absolute Gasteiger partial charge is 0.314 e. The van der Waals surface area contributed by atoms with Crippen molar-refractivity contribution < 1.29 is 0 Å². The van der Waals surface area contributed by atoms with Gasteiger partial charge >= 0.3 is 0 Å². The third kappa shape index (κ3) is 2.12. The Hall–Kier alpha value is 0.310. The van der Waals surface area contributed by atoms with Crippen molar-refractivity contribution in [3.05, 3.63) is 0 Å². The Morgan fingerprint density at radius 2 is 2.36 bits per heavy atom. The Kier molecular flexibility index (Phi) is 2.75. The van der Waals surface area contributed by atoms with Gasteiger partial charge in [-0.3, -0.25) is 0 Å². The fourth-order valence-corrected chi connectivity index (χ4v) is 3.43. The predicted octanol–water partition coefficient (Wildman–Crippen LogP) is 1.88. The molecule has 11 heavy (non-hydrogen) atoms. The van der Waals surface area contributed by atoms with Crippen molar-refractivity contribution in [2.75, 3.05) is 18.1 Å². The molecule has 0 spiro atoms. The van der Waals surface area contributed by atoms with E-state index < -0.39 is 0 Å². The minimum Gasteiger partial charge on any atom is -0.314 e. The van der Waals surface area contributed by atoms with Crippen LogP contribution in [0.4, 0.5) is 0 Å². The molecule has 2 heterocycles. The summed E-state index contributed by atoms with van der Waals surface area (Å²) in [6, 6.07) is 0.874. The Balaban J connectivity index is 1.71. The van der Waals surface area contributed by atoms with E-state index in [0.29, 0.717) is 0 Å². The number of hydrogen-bond donors (Lipinski definition) is 1. The third-order valence-electron chi connectivity index (χ3n) is 2.80. The van der Waals surface area contributed by atoms with E-state index in [4.69, 9.17) is 0 Å². The molecule has 2 rings (SSSR count). The van der Waals surface area contributed by atoms with Crippen molar-refractivity contribution in [3.63, 3.8) is 0 Å². The maximum Gasteiger partial charge on any atom is 0.00704 e. The van der Waals surface area contributed by atoms with Crippen LogP contribution in [0.25, 0.3) is 0 Å². The second-order valence-electron chi connectivity index (χ2n) is 3.76. The lowest BCUT2D eigenvalue weighted by molar-refractivity contribution is 0.445. The molecule has 0 saturated carbocycles. The van der Waals surface area contributed by atoms with Crippen LogP contribution in [0.3, 0.4) is 0 Å². The monoisotopic (exact) mass is 171 g/mol. The zero-order chi connectivity index (χ0) is 7.52. The minimum atomic E-state index is 0.874. The standard InChI is InChI=1S/C9H17NS/c1-2-9(10-4-1)6-8-3-5-11-7-8/h8-10H,1-7H2. The molecule has 0 radical (unpaired) electrons. The highest BCUT2D eigenvalue weighted by atomic mass is 32.2. The Morgan fingerprint density at radius 3 is 3.00 bits per heavy atom.